The van der Waals surface area contributed by atoms with E-state index in [9.17, 15) is 9.59 Å². The Labute approximate surface area is 180 Å². The number of hydrogen-bond donors (Lipinski definition) is 2. The minimum Gasteiger partial charge on any atom is -0.491 e. The van der Waals surface area contributed by atoms with E-state index in [2.05, 4.69) is 17.4 Å². The summed E-state index contributed by atoms with van der Waals surface area (Å²) >= 11 is 0. The fourth-order valence-corrected chi connectivity index (χ4v) is 4.56. The van der Waals surface area contributed by atoms with Gasteiger partial charge < -0.3 is 20.7 Å². The number of para-hydroxylation sites is 1. The monoisotopic (exact) mass is 415 g/mol. The van der Waals surface area contributed by atoms with Crippen molar-refractivity contribution in [2.24, 2.45) is 17.1 Å². The topological polar surface area (TPSA) is 84.7 Å². The zero-order valence-corrected chi connectivity index (χ0v) is 18.5. The van der Waals surface area contributed by atoms with E-state index >= 15 is 0 Å². The summed E-state index contributed by atoms with van der Waals surface area (Å²) in [7, 11) is 0. The van der Waals surface area contributed by atoms with Crippen molar-refractivity contribution in [3.63, 3.8) is 0 Å². The van der Waals surface area contributed by atoms with Gasteiger partial charge in [0.25, 0.3) is 0 Å². The van der Waals surface area contributed by atoms with Crippen molar-refractivity contribution in [1.29, 1.82) is 0 Å². The Morgan fingerprint density at radius 2 is 1.87 bits per heavy atom. The quantitative estimate of drug-likeness (QED) is 0.778. The number of nitrogens with one attached hydrogen (secondary N) is 1. The van der Waals surface area contributed by atoms with Crippen molar-refractivity contribution >= 4 is 11.8 Å². The lowest BCUT2D eigenvalue weighted by Gasteiger charge is -2.41. The fraction of sp³-hybridized carbons (Fsp3) is 0.667. The van der Waals surface area contributed by atoms with Crippen molar-refractivity contribution in [3.8, 4) is 5.75 Å². The van der Waals surface area contributed by atoms with E-state index in [-0.39, 0.29) is 23.1 Å². The highest BCUT2D eigenvalue weighted by molar-refractivity contribution is 5.84. The summed E-state index contributed by atoms with van der Waals surface area (Å²) in [5.74, 6) is 1.16. The number of hydrogen-bond acceptors (Lipinski definition) is 4. The molecule has 1 fully saturated rings. The normalized spacial score (nSPS) is 21.5. The summed E-state index contributed by atoms with van der Waals surface area (Å²) in [6.07, 6.45) is 6.48. The zero-order valence-electron chi connectivity index (χ0n) is 18.5. The predicted octanol–water partition coefficient (Wildman–Crippen LogP) is 2.89. The number of ether oxygens (including phenoxy) is 1. The second-order valence-electron chi connectivity index (χ2n) is 9.15. The number of likely N-dealkylation sites (tertiary alicyclic amines) is 1. The van der Waals surface area contributed by atoms with Crippen LogP contribution in [0.1, 0.15) is 57.9 Å². The molecule has 0 radical (unpaired) electrons. The molecule has 3 N–H and O–H groups in total. The molecule has 2 amide bonds. The molecule has 2 heterocycles. The number of carbonyl (C=O) groups is 2. The lowest BCUT2D eigenvalue weighted by molar-refractivity contribution is -0.142. The standard InChI is InChI=1S/C24H37N3O3/c1-18(2)21(25)22(28)27-15-12-24(13-16-27)11-7-3-4-8-19-9-5-6-10-20(19)30-17-14-26-23(24)29/h5-6,9-10,18,21H,3-4,7-8,11-17,25H2,1-2H3,(H,26,29)/t21-/m1/s1. The summed E-state index contributed by atoms with van der Waals surface area (Å²) in [5, 5.41) is 3.11. The Morgan fingerprint density at radius 3 is 2.60 bits per heavy atom. The molecule has 6 heteroatoms. The van der Waals surface area contributed by atoms with Crippen LogP contribution in [0.5, 0.6) is 5.75 Å². The molecule has 2 aliphatic rings. The maximum atomic E-state index is 13.2. The van der Waals surface area contributed by atoms with Gasteiger partial charge in [-0.25, -0.2) is 0 Å². The van der Waals surface area contributed by atoms with Gasteiger partial charge in [-0.3, -0.25) is 9.59 Å². The largest absolute Gasteiger partial charge is 0.491 e. The molecule has 166 valence electrons. The van der Waals surface area contributed by atoms with Crippen LogP contribution >= 0.6 is 0 Å². The second kappa shape index (κ2) is 10.3. The first-order chi connectivity index (χ1) is 14.4. The minimum absolute atomic E-state index is 0.0102. The van der Waals surface area contributed by atoms with E-state index < -0.39 is 6.04 Å². The Bertz CT molecular complexity index is 726. The molecular weight excluding hydrogens is 378 g/mol. The highest BCUT2D eigenvalue weighted by atomic mass is 16.5. The first-order valence-corrected chi connectivity index (χ1v) is 11.5. The number of benzene rings is 1. The Balaban J connectivity index is 1.63. The molecule has 6 nitrogen and oxygen atoms in total. The number of carbonyl (C=O) groups excluding carboxylic acids is 2. The van der Waals surface area contributed by atoms with Gasteiger partial charge in [0.05, 0.1) is 18.0 Å². The van der Waals surface area contributed by atoms with Crippen molar-refractivity contribution < 1.29 is 14.3 Å². The van der Waals surface area contributed by atoms with E-state index in [1.165, 1.54) is 5.56 Å². The summed E-state index contributed by atoms with van der Waals surface area (Å²) in [6, 6.07) is 7.71. The van der Waals surface area contributed by atoms with E-state index in [4.69, 9.17) is 10.5 Å². The third-order valence-corrected chi connectivity index (χ3v) is 6.74. The number of rotatable bonds is 2. The van der Waals surface area contributed by atoms with Crippen molar-refractivity contribution in [1.82, 2.24) is 10.2 Å². The molecule has 1 aromatic carbocycles. The average Bonchev–Trinajstić information content (AvgIpc) is 2.77. The van der Waals surface area contributed by atoms with Crippen LogP contribution in [0.2, 0.25) is 0 Å². The molecule has 0 unspecified atom stereocenters. The van der Waals surface area contributed by atoms with Crippen LogP contribution in [0.15, 0.2) is 24.3 Å². The molecule has 30 heavy (non-hydrogen) atoms. The summed E-state index contributed by atoms with van der Waals surface area (Å²) < 4.78 is 5.94. The molecule has 1 spiro atoms. The van der Waals surface area contributed by atoms with Gasteiger partial charge in [-0.2, -0.15) is 0 Å². The van der Waals surface area contributed by atoms with Gasteiger partial charge in [0.1, 0.15) is 12.4 Å². The average molecular weight is 416 g/mol. The van der Waals surface area contributed by atoms with Gasteiger partial charge in [0, 0.05) is 13.1 Å². The third kappa shape index (κ3) is 5.34. The molecule has 0 saturated carbocycles. The van der Waals surface area contributed by atoms with Crippen molar-refractivity contribution in [2.75, 3.05) is 26.2 Å². The van der Waals surface area contributed by atoms with E-state index in [0.29, 0.717) is 39.1 Å². The van der Waals surface area contributed by atoms with E-state index in [1.807, 2.05) is 30.9 Å². The lowest BCUT2D eigenvalue weighted by Crippen LogP contribution is -2.54. The molecule has 1 aromatic rings. The number of nitrogens with zero attached hydrogens (tertiary/aromatic N) is 1. The van der Waals surface area contributed by atoms with Crippen LogP contribution < -0.4 is 15.8 Å². The molecule has 2 aliphatic heterocycles. The summed E-state index contributed by atoms with van der Waals surface area (Å²) in [6.45, 7) is 6.11. The zero-order chi connectivity index (χ0) is 21.6. The third-order valence-electron chi connectivity index (χ3n) is 6.74. The lowest BCUT2D eigenvalue weighted by atomic mass is 9.73. The SMILES string of the molecule is CC(C)[C@@H](N)C(=O)N1CCC2(CCCCCc3ccccc3OCCNC2=O)CC1. The maximum Gasteiger partial charge on any atom is 0.239 e. The highest BCUT2D eigenvalue weighted by Crippen LogP contribution is 2.38. The van der Waals surface area contributed by atoms with Gasteiger partial charge in [0.2, 0.25) is 11.8 Å². The molecule has 3 rings (SSSR count). The van der Waals surface area contributed by atoms with Crippen molar-refractivity contribution in [2.45, 2.75) is 64.8 Å². The van der Waals surface area contributed by atoms with Crippen molar-refractivity contribution in [3.05, 3.63) is 29.8 Å². The summed E-state index contributed by atoms with van der Waals surface area (Å²) in [5.41, 5.74) is 6.92. The van der Waals surface area contributed by atoms with Gasteiger partial charge in [0.15, 0.2) is 0 Å². The number of piperidine rings is 1. The van der Waals surface area contributed by atoms with Gasteiger partial charge in [-0.05, 0) is 49.7 Å². The Kier molecular flexibility index (Phi) is 7.75. The molecule has 1 saturated heterocycles. The molecular formula is C24H37N3O3. The van der Waals surface area contributed by atoms with Gasteiger partial charge in [-0.15, -0.1) is 0 Å². The van der Waals surface area contributed by atoms with Crippen LogP contribution in [-0.4, -0.2) is 49.0 Å². The second-order valence-corrected chi connectivity index (χ2v) is 9.15. The highest BCUT2D eigenvalue weighted by Gasteiger charge is 2.42. The van der Waals surface area contributed by atoms with Crippen LogP contribution in [0.25, 0.3) is 0 Å². The summed E-state index contributed by atoms with van der Waals surface area (Å²) in [4.78, 5) is 27.6. The number of nitrogens with two attached hydrogens (primary N) is 1. The first kappa shape index (κ1) is 22.6. The molecule has 0 bridgehead atoms. The number of fused-ring (bicyclic) bond motifs is 1. The predicted molar refractivity (Wildman–Crippen MR) is 118 cm³/mol. The van der Waals surface area contributed by atoms with Gasteiger partial charge in [-0.1, -0.05) is 44.9 Å². The van der Waals surface area contributed by atoms with Crippen LogP contribution in [0.3, 0.4) is 0 Å². The number of aryl methyl sites for hydroxylation is 1. The molecule has 0 aromatic heterocycles. The fourth-order valence-electron chi connectivity index (χ4n) is 4.56. The van der Waals surface area contributed by atoms with E-state index in [0.717, 1.165) is 37.9 Å². The maximum absolute atomic E-state index is 13.2. The Morgan fingerprint density at radius 1 is 1.13 bits per heavy atom. The molecule has 0 aliphatic carbocycles. The number of amides is 2. The minimum atomic E-state index is -0.466. The van der Waals surface area contributed by atoms with Crippen LogP contribution in [-0.2, 0) is 16.0 Å². The Hall–Kier alpha value is -2.08. The van der Waals surface area contributed by atoms with Gasteiger partial charge >= 0.3 is 0 Å². The first-order valence-electron chi connectivity index (χ1n) is 11.5. The van der Waals surface area contributed by atoms with E-state index in [1.54, 1.807) is 0 Å². The van der Waals surface area contributed by atoms with Crippen LogP contribution in [0, 0.1) is 11.3 Å². The molecule has 1 atom stereocenters. The smallest absolute Gasteiger partial charge is 0.239 e. The van der Waals surface area contributed by atoms with Crippen LogP contribution in [0.4, 0.5) is 0 Å².